The Balaban J connectivity index is 1.70. The topological polar surface area (TPSA) is 49.9 Å². The SMILES string of the molecule is CCCCOC(=O)c1cc2ccc(N3CCN(C(C)=O)CC3)cc2s1. The number of fused-ring (bicyclic) bond motifs is 1. The number of carbonyl (C=O) groups excluding carboxylic acids is 2. The van der Waals surface area contributed by atoms with E-state index in [0.29, 0.717) is 11.5 Å². The largest absolute Gasteiger partial charge is 0.462 e. The average molecular weight is 360 g/mol. The van der Waals surface area contributed by atoms with Crippen LogP contribution in [0.5, 0.6) is 0 Å². The minimum atomic E-state index is -0.230. The fourth-order valence-electron chi connectivity index (χ4n) is 2.98. The van der Waals surface area contributed by atoms with E-state index in [1.807, 2.05) is 11.0 Å². The van der Waals surface area contributed by atoms with Crippen LogP contribution in [0.3, 0.4) is 0 Å². The number of hydrogen-bond donors (Lipinski definition) is 0. The average Bonchev–Trinajstić information content (AvgIpc) is 3.05. The van der Waals surface area contributed by atoms with E-state index in [0.717, 1.165) is 54.8 Å². The van der Waals surface area contributed by atoms with Crippen LogP contribution in [0.2, 0.25) is 0 Å². The summed E-state index contributed by atoms with van der Waals surface area (Å²) < 4.78 is 6.39. The Morgan fingerprint density at radius 3 is 2.60 bits per heavy atom. The van der Waals surface area contributed by atoms with Gasteiger partial charge in [-0.2, -0.15) is 0 Å². The summed E-state index contributed by atoms with van der Waals surface area (Å²) in [6.45, 7) is 7.36. The molecule has 1 aliphatic rings. The highest BCUT2D eigenvalue weighted by Crippen LogP contribution is 2.30. The second-order valence-electron chi connectivity index (χ2n) is 6.32. The molecule has 0 saturated carbocycles. The van der Waals surface area contributed by atoms with Crippen LogP contribution in [0.25, 0.3) is 10.1 Å². The Morgan fingerprint density at radius 2 is 1.92 bits per heavy atom. The maximum absolute atomic E-state index is 12.1. The molecule has 1 fully saturated rings. The van der Waals surface area contributed by atoms with E-state index in [-0.39, 0.29) is 11.9 Å². The van der Waals surface area contributed by atoms with Crippen molar-refractivity contribution in [3.05, 3.63) is 29.1 Å². The molecular formula is C19H24N2O3S. The standard InChI is InChI=1S/C19H24N2O3S/c1-3-4-11-24-19(23)18-12-15-5-6-16(13-17(15)25-18)21-9-7-20(8-10-21)14(2)22/h5-6,12-13H,3-4,7-11H2,1-2H3. The molecule has 1 saturated heterocycles. The number of hydrogen-bond acceptors (Lipinski definition) is 5. The Labute approximate surface area is 152 Å². The number of thiophene rings is 1. The first-order chi connectivity index (χ1) is 12.1. The molecule has 1 aromatic carbocycles. The molecule has 0 atom stereocenters. The molecule has 6 heteroatoms. The molecule has 2 heterocycles. The number of esters is 1. The van der Waals surface area contributed by atoms with Gasteiger partial charge in [-0.15, -0.1) is 11.3 Å². The van der Waals surface area contributed by atoms with E-state index < -0.39 is 0 Å². The number of unbranched alkanes of at least 4 members (excludes halogenated alkanes) is 1. The monoisotopic (exact) mass is 360 g/mol. The van der Waals surface area contributed by atoms with Gasteiger partial charge < -0.3 is 14.5 Å². The Hall–Kier alpha value is -2.08. The lowest BCUT2D eigenvalue weighted by molar-refractivity contribution is -0.129. The van der Waals surface area contributed by atoms with Crippen molar-refractivity contribution in [2.24, 2.45) is 0 Å². The third-order valence-electron chi connectivity index (χ3n) is 4.53. The normalized spacial score (nSPS) is 14.8. The number of nitrogens with zero attached hydrogens (tertiary/aromatic N) is 2. The molecule has 0 spiro atoms. The third kappa shape index (κ3) is 4.12. The Kier molecular flexibility index (Phi) is 5.58. The molecule has 1 aliphatic heterocycles. The molecule has 2 aromatic rings. The van der Waals surface area contributed by atoms with Crippen molar-refractivity contribution < 1.29 is 14.3 Å². The number of carbonyl (C=O) groups is 2. The minimum absolute atomic E-state index is 0.139. The lowest BCUT2D eigenvalue weighted by atomic mass is 10.2. The number of piperazine rings is 1. The van der Waals surface area contributed by atoms with Crippen LogP contribution in [-0.2, 0) is 9.53 Å². The van der Waals surface area contributed by atoms with E-state index in [4.69, 9.17) is 4.74 Å². The first-order valence-corrected chi connectivity index (χ1v) is 9.61. The van der Waals surface area contributed by atoms with E-state index in [1.165, 1.54) is 11.3 Å². The highest BCUT2D eigenvalue weighted by Gasteiger charge is 2.19. The molecule has 3 rings (SSSR count). The molecule has 5 nitrogen and oxygen atoms in total. The van der Waals surface area contributed by atoms with Crippen LogP contribution in [0.15, 0.2) is 24.3 Å². The summed E-state index contributed by atoms with van der Waals surface area (Å²) in [4.78, 5) is 28.4. The van der Waals surface area contributed by atoms with Gasteiger partial charge in [0, 0.05) is 43.5 Å². The maximum Gasteiger partial charge on any atom is 0.348 e. The van der Waals surface area contributed by atoms with Crippen molar-refractivity contribution >= 4 is 39.0 Å². The van der Waals surface area contributed by atoms with Gasteiger partial charge in [0.1, 0.15) is 4.88 Å². The van der Waals surface area contributed by atoms with Crippen LogP contribution < -0.4 is 4.90 Å². The smallest absolute Gasteiger partial charge is 0.348 e. The fraction of sp³-hybridized carbons (Fsp3) is 0.474. The summed E-state index contributed by atoms with van der Waals surface area (Å²) in [5.41, 5.74) is 1.14. The zero-order chi connectivity index (χ0) is 17.8. The van der Waals surface area contributed by atoms with Gasteiger partial charge in [-0.05, 0) is 30.0 Å². The first-order valence-electron chi connectivity index (χ1n) is 8.79. The van der Waals surface area contributed by atoms with Gasteiger partial charge in [0.05, 0.1) is 6.61 Å². The molecule has 1 amide bonds. The van der Waals surface area contributed by atoms with Crippen molar-refractivity contribution in [1.82, 2.24) is 4.90 Å². The predicted octanol–water partition coefficient (Wildman–Crippen LogP) is 3.53. The molecule has 0 bridgehead atoms. The van der Waals surface area contributed by atoms with E-state index in [2.05, 4.69) is 30.0 Å². The van der Waals surface area contributed by atoms with E-state index in [1.54, 1.807) is 6.92 Å². The van der Waals surface area contributed by atoms with Gasteiger partial charge in [-0.25, -0.2) is 4.79 Å². The molecule has 1 aromatic heterocycles. The summed E-state index contributed by atoms with van der Waals surface area (Å²) in [6.07, 6.45) is 1.91. The molecule has 0 aliphatic carbocycles. The molecular weight excluding hydrogens is 336 g/mol. The maximum atomic E-state index is 12.1. The Morgan fingerprint density at radius 1 is 1.16 bits per heavy atom. The molecule has 0 radical (unpaired) electrons. The number of rotatable bonds is 5. The summed E-state index contributed by atoms with van der Waals surface area (Å²) in [5, 5.41) is 1.07. The van der Waals surface area contributed by atoms with Crippen molar-refractivity contribution in [1.29, 1.82) is 0 Å². The van der Waals surface area contributed by atoms with Gasteiger partial charge >= 0.3 is 5.97 Å². The number of anilines is 1. The third-order valence-corrected chi connectivity index (χ3v) is 5.60. The zero-order valence-corrected chi connectivity index (χ0v) is 15.6. The Bertz CT molecular complexity index is 763. The molecule has 0 unspecified atom stereocenters. The summed E-state index contributed by atoms with van der Waals surface area (Å²) in [6, 6.07) is 8.18. The van der Waals surface area contributed by atoms with Gasteiger partial charge in [0.2, 0.25) is 5.91 Å². The van der Waals surface area contributed by atoms with Crippen LogP contribution in [0, 0.1) is 0 Å². The highest BCUT2D eigenvalue weighted by molar-refractivity contribution is 7.20. The summed E-state index contributed by atoms with van der Waals surface area (Å²) in [7, 11) is 0. The van der Waals surface area contributed by atoms with Crippen molar-refractivity contribution in [3.8, 4) is 0 Å². The molecule has 0 N–H and O–H groups in total. The second kappa shape index (κ2) is 7.87. The van der Waals surface area contributed by atoms with E-state index >= 15 is 0 Å². The van der Waals surface area contributed by atoms with Gasteiger partial charge in [0.25, 0.3) is 0 Å². The number of amides is 1. The summed E-state index contributed by atoms with van der Waals surface area (Å²) >= 11 is 1.48. The zero-order valence-electron chi connectivity index (χ0n) is 14.8. The number of ether oxygens (including phenoxy) is 1. The lowest BCUT2D eigenvalue weighted by Gasteiger charge is -2.35. The van der Waals surface area contributed by atoms with Gasteiger partial charge in [0.15, 0.2) is 0 Å². The second-order valence-corrected chi connectivity index (χ2v) is 7.40. The predicted molar refractivity (Wildman–Crippen MR) is 101 cm³/mol. The molecule has 25 heavy (non-hydrogen) atoms. The highest BCUT2D eigenvalue weighted by atomic mass is 32.1. The van der Waals surface area contributed by atoms with Crippen LogP contribution in [-0.4, -0.2) is 49.6 Å². The quantitative estimate of drug-likeness (QED) is 0.605. The van der Waals surface area contributed by atoms with Crippen LogP contribution in [0.1, 0.15) is 36.4 Å². The van der Waals surface area contributed by atoms with Crippen LogP contribution in [0.4, 0.5) is 5.69 Å². The molecule has 134 valence electrons. The first kappa shape index (κ1) is 17.7. The lowest BCUT2D eigenvalue weighted by Crippen LogP contribution is -2.48. The van der Waals surface area contributed by atoms with Crippen molar-refractivity contribution in [2.45, 2.75) is 26.7 Å². The van der Waals surface area contributed by atoms with Gasteiger partial charge in [-0.1, -0.05) is 19.4 Å². The minimum Gasteiger partial charge on any atom is -0.462 e. The van der Waals surface area contributed by atoms with Crippen molar-refractivity contribution in [2.75, 3.05) is 37.7 Å². The van der Waals surface area contributed by atoms with Crippen molar-refractivity contribution in [3.63, 3.8) is 0 Å². The van der Waals surface area contributed by atoms with Gasteiger partial charge in [-0.3, -0.25) is 4.79 Å². The van der Waals surface area contributed by atoms with E-state index in [9.17, 15) is 9.59 Å². The van der Waals surface area contributed by atoms with Crippen LogP contribution >= 0.6 is 11.3 Å². The fourth-order valence-corrected chi connectivity index (χ4v) is 3.97. The number of benzene rings is 1. The summed E-state index contributed by atoms with van der Waals surface area (Å²) in [5.74, 6) is -0.0918.